The van der Waals surface area contributed by atoms with E-state index in [1.165, 1.54) is 12.1 Å². The second-order valence-corrected chi connectivity index (χ2v) is 8.13. The van der Waals surface area contributed by atoms with Gasteiger partial charge in [-0.3, -0.25) is 4.79 Å². The third kappa shape index (κ3) is 4.46. The second kappa shape index (κ2) is 7.50. The summed E-state index contributed by atoms with van der Waals surface area (Å²) >= 11 is 0. The van der Waals surface area contributed by atoms with Crippen molar-refractivity contribution in [2.75, 3.05) is 18.5 Å². The summed E-state index contributed by atoms with van der Waals surface area (Å²) in [6.07, 6.45) is 2.38. The van der Waals surface area contributed by atoms with Gasteiger partial charge in [-0.1, -0.05) is 19.8 Å². The molecule has 0 heterocycles. The summed E-state index contributed by atoms with van der Waals surface area (Å²) in [6.45, 7) is 1.59. The van der Waals surface area contributed by atoms with E-state index in [0.29, 0.717) is 18.5 Å². The van der Waals surface area contributed by atoms with Crippen LogP contribution < -0.4 is 10.0 Å². The largest absolute Gasteiger partial charge is 0.394 e. The van der Waals surface area contributed by atoms with Crippen LogP contribution in [0.5, 0.6) is 0 Å². The SMILES string of the molecule is CC1(C(=O)NS(=O)(=O)c2ccc(NCC(O)CO)cc2)CCCC1. The van der Waals surface area contributed by atoms with E-state index in [9.17, 15) is 18.3 Å². The summed E-state index contributed by atoms with van der Waals surface area (Å²) in [5, 5.41) is 20.9. The molecule has 1 fully saturated rings. The van der Waals surface area contributed by atoms with E-state index in [-0.39, 0.29) is 18.0 Å². The first-order valence-electron chi connectivity index (χ1n) is 7.97. The Morgan fingerprint density at radius 1 is 1.25 bits per heavy atom. The van der Waals surface area contributed by atoms with Crippen molar-refractivity contribution in [3.63, 3.8) is 0 Å². The molecule has 7 nitrogen and oxygen atoms in total. The van der Waals surface area contributed by atoms with E-state index >= 15 is 0 Å². The number of rotatable bonds is 7. The van der Waals surface area contributed by atoms with Gasteiger partial charge in [0, 0.05) is 17.6 Å². The Hall–Kier alpha value is -1.64. The topological polar surface area (TPSA) is 116 Å². The predicted octanol–water partition coefficient (Wildman–Crippen LogP) is 0.837. The molecule has 24 heavy (non-hydrogen) atoms. The molecule has 0 aromatic heterocycles. The average molecular weight is 356 g/mol. The van der Waals surface area contributed by atoms with Gasteiger partial charge in [0.2, 0.25) is 5.91 Å². The van der Waals surface area contributed by atoms with Crippen LogP contribution in [-0.2, 0) is 14.8 Å². The number of nitrogens with one attached hydrogen (secondary N) is 2. The minimum atomic E-state index is -3.90. The normalized spacial score (nSPS) is 18.1. The number of sulfonamides is 1. The highest BCUT2D eigenvalue weighted by Crippen LogP contribution is 2.37. The highest BCUT2D eigenvalue weighted by Gasteiger charge is 2.38. The van der Waals surface area contributed by atoms with Gasteiger partial charge in [-0.15, -0.1) is 0 Å². The van der Waals surface area contributed by atoms with Gasteiger partial charge in [-0.25, -0.2) is 13.1 Å². The fraction of sp³-hybridized carbons (Fsp3) is 0.562. The molecular formula is C16H24N2O5S. The molecule has 134 valence electrons. The molecular weight excluding hydrogens is 332 g/mol. The number of anilines is 1. The van der Waals surface area contributed by atoms with Crippen LogP contribution in [0.3, 0.4) is 0 Å². The van der Waals surface area contributed by atoms with Gasteiger partial charge in [0.05, 0.1) is 17.6 Å². The van der Waals surface area contributed by atoms with E-state index in [2.05, 4.69) is 10.0 Å². The van der Waals surface area contributed by atoms with Crippen LogP contribution in [-0.4, -0.2) is 43.8 Å². The fourth-order valence-corrected chi connectivity index (χ4v) is 3.84. The number of aliphatic hydroxyl groups is 2. The highest BCUT2D eigenvalue weighted by molar-refractivity contribution is 7.90. The molecule has 0 saturated heterocycles. The molecule has 8 heteroatoms. The van der Waals surface area contributed by atoms with Crippen LogP contribution >= 0.6 is 0 Å². The maximum Gasteiger partial charge on any atom is 0.264 e. The molecule has 0 spiro atoms. The monoisotopic (exact) mass is 356 g/mol. The third-order valence-electron chi connectivity index (χ3n) is 4.40. The van der Waals surface area contributed by atoms with Crippen molar-refractivity contribution in [2.24, 2.45) is 5.41 Å². The van der Waals surface area contributed by atoms with Crippen LogP contribution in [0.25, 0.3) is 0 Å². The molecule has 4 N–H and O–H groups in total. The molecule has 1 saturated carbocycles. The van der Waals surface area contributed by atoms with Crippen LogP contribution in [0.2, 0.25) is 0 Å². The number of benzene rings is 1. The lowest BCUT2D eigenvalue weighted by Crippen LogP contribution is -2.40. The number of hydrogen-bond acceptors (Lipinski definition) is 6. The Labute approximate surface area is 142 Å². The molecule has 0 bridgehead atoms. The van der Waals surface area contributed by atoms with E-state index in [4.69, 9.17) is 5.11 Å². The van der Waals surface area contributed by atoms with Crippen LogP contribution in [0.4, 0.5) is 5.69 Å². The van der Waals surface area contributed by atoms with E-state index in [1.54, 1.807) is 19.1 Å². The van der Waals surface area contributed by atoms with Crippen molar-refractivity contribution in [1.82, 2.24) is 4.72 Å². The summed E-state index contributed by atoms with van der Waals surface area (Å²) in [6, 6.07) is 5.86. The van der Waals surface area contributed by atoms with Gasteiger partial charge in [0.1, 0.15) is 0 Å². The van der Waals surface area contributed by atoms with Gasteiger partial charge in [0.15, 0.2) is 0 Å². The van der Waals surface area contributed by atoms with E-state index in [1.807, 2.05) is 0 Å². The number of hydrogen-bond donors (Lipinski definition) is 4. The zero-order valence-electron chi connectivity index (χ0n) is 13.7. The maximum absolute atomic E-state index is 12.3. The highest BCUT2D eigenvalue weighted by atomic mass is 32.2. The summed E-state index contributed by atoms with van der Waals surface area (Å²) < 4.78 is 26.9. The first-order valence-corrected chi connectivity index (χ1v) is 9.45. The van der Waals surface area contributed by atoms with Gasteiger partial charge in [-0.05, 0) is 37.1 Å². The molecule has 1 atom stereocenters. The van der Waals surface area contributed by atoms with Crippen LogP contribution in [0.1, 0.15) is 32.6 Å². The Morgan fingerprint density at radius 3 is 2.38 bits per heavy atom. The van der Waals surface area contributed by atoms with Crippen molar-refractivity contribution >= 4 is 21.6 Å². The summed E-state index contributed by atoms with van der Waals surface area (Å²) in [4.78, 5) is 12.3. The molecule has 1 aliphatic rings. The zero-order valence-corrected chi connectivity index (χ0v) is 14.5. The smallest absolute Gasteiger partial charge is 0.264 e. The number of amides is 1. The van der Waals surface area contributed by atoms with Crippen LogP contribution in [0, 0.1) is 5.41 Å². The van der Waals surface area contributed by atoms with Crippen molar-refractivity contribution in [2.45, 2.75) is 43.6 Å². The van der Waals surface area contributed by atoms with Crippen molar-refractivity contribution in [1.29, 1.82) is 0 Å². The molecule has 1 unspecified atom stereocenters. The minimum absolute atomic E-state index is 0.00528. The lowest BCUT2D eigenvalue weighted by atomic mass is 9.88. The Morgan fingerprint density at radius 2 is 1.83 bits per heavy atom. The van der Waals surface area contributed by atoms with Crippen molar-refractivity contribution < 1.29 is 23.4 Å². The summed E-state index contributed by atoms with van der Waals surface area (Å²) in [7, 11) is -3.90. The summed E-state index contributed by atoms with van der Waals surface area (Å²) in [5.41, 5.74) is -0.00910. The molecule has 1 aliphatic carbocycles. The number of aliphatic hydroxyl groups excluding tert-OH is 2. The second-order valence-electron chi connectivity index (χ2n) is 6.44. The van der Waals surface area contributed by atoms with Crippen molar-refractivity contribution in [3.05, 3.63) is 24.3 Å². The van der Waals surface area contributed by atoms with E-state index in [0.717, 1.165) is 12.8 Å². The lowest BCUT2D eigenvalue weighted by Gasteiger charge is -2.22. The molecule has 2 rings (SSSR count). The minimum Gasteiger partial charge on any atom is -0.394 e. The fourth-order valence-electron chi connectivity index (χ4n) is 2.74. The average Bonchev–Trinajstić information content (AvgIpc) is 3.00. The van der Waals surface area contributed by atoms with Crippen LogP contribution in [0.15, 0.2) is 29.2 Å². The summed E-state index contributed by atoms with van der Waals surface area (Å²) in [5.74, 6) is -0.451. The van der Waals surface area contributed by atoms with Crippen molar-refractivity contribution in [3.8, 4) is 0 Å². The Kier molecular flexibility index (Phi) is 5.84. The van der Waals surface area contributed by atoms with E-state index < -0.39 is 27.4 Å². The third-order valence-corrected chi connectivity index (χ3v) is 5.75. The number of carbonyl (C=O) groups excluding carboxylic acids is 1. The molecule has 1 aromatic rings. The molecule has 0 aliphatic heterocycles. The molecule has 0 radical (unpaired) electrons. The molecule has 1 amide bonds. The van der Waals surface area contributed by atoms with Gasteiger partial charge < -0.3 is 15.5 Å². The first kappa shape index (κ1) is 18.7. The van der Waals surface area contributed by atoms with Gasteiger partial charge in [0.25, 0.3) is 10.0 Å². The standard InChI is InChI=1S/C16H24N2O5S/c1-16(8-2-3-9-16)15(21)18-24(22,23)14-6-4-12(5-7-14)17-10-13(20)11-19/h4-7,13,17,19-20H,2-3,8-11H2,1H3,(H,18,21). The maximum atomic E-state index is 12.3. The number of carbonyl (C=O) groups is 1. The zero-order chi connectivity index (χ0) is 17.8. The first-order chi connectivity index (χ1) is 11.3. The Balaban J connectivity index is 2.02. The lowest BCUT2D eigenvalue weighted by molar-refractivity contribution is -0.127. The predicted molar refractivity (Wildman–Crippen MR) is 89.9 cm³/mol. The van der Waals surface area contributed by atoms with Gasteiger partial charge >= 0.3 is 0 Å². The van der Waals surface area contributed by atoms with Gasteiger partial charge in [-0.2, -0.15) is 0 Å². The molecule has 1 aromatic carbocycles. The Bertz CT molecular complexity index is 666. The quantitative estimate of drug-likeness (QED) is 0.575.